The van der Waals surface area contributed by atoms with Crippen LogP contribution >= 0.6 is 0 Å². The van der Waals surface area contributed by atoms with E-state index in [1.54, 1.807) is 0 Å². The molecule has 2 rings (SSSR count). The van der Waals surface area contributed by atoms with Crippen molar-refractivity contribution in [3.05, 3.63) is 29.8 Å². The number of unbranched alkanes of at least 4 members (excludes halogenated alkanes) is 1. The molecule has 1 fully saturated rings. The molecule has 1 aromatic rings. The van der Waals surface area contributed by atoms with E-state index in [1.807, 2.05) is 24.3 Å². The van der Waals surface area contributed by atoms with E-state index in [9.17, 15) is 14.4 Å². The Balaban J connectivity index is 1.72. The standard InChI is InChI=1S/C20H28N2O4/c1-2-3-7-16-9-11-17(12-10-16)21-18(23)15-26-20(25)14-22-13-6-4-5-8-19(22)24/h9-12H,2-8,13-15H2,1H3,(H,21,23). The van der Waals surface area contributed by atoms with Crippen molar-refractivity contribution in [2.75, 3.05) is 25.0 Å². The Bertz CT molecular complexity index is 613. The summed E-state index contributed by atoms with van der Waals surface area (Å²) in [5.74, 6) is -0.959. The minimum absolute atomic E-state index is 0.0212. The first kappa shape index (κ1) is 19.9. The van der Waals surface area contributed by atoms with Gasteiger partial charge in [-0.2, -0.15) is 0 Å². The molecule has 1 N–H and O–H groups in total. The van der Waals surface area contributed by atoms with Crippen LogP contribution < -0.4 is 5.32 Å². The summed E-state index contributed by atoms with van der Waals surface area (Å²) in [6, 6.07) is 7.67. The third kappa shape index (κ3) is 6.86. The van der Waals surface area contributed by atoms with Crippen LogP contribution in [-0.2, 0) is 25.5 Å². The average Bonchev–Trinajstić information content (AvgIpc) is 2.84. The number of anilines is 1. The Morgan fingerprint density at radius 3 is 2.65 bits per heavy atom. The molecule has 0 spiro atoms. The summed E-state index contributed by atoms with van der Waals surface area (Å²) in [4.78, 5) is 37.2. The van der Waals surface area contributed by atoms with Crippen LogP contribution in [0.1, 0.15) is 51.0 Å². The average molecular weight is 360 g/mol. The van der Waals surface area contributed by atoms with E-state index in [4.69, 9.17) is 4.74 Å². The van der Waals surface area contributed by atoms with Gasteiger partial charge >= 0.3 is 5.97 Å². The lowest BCUT2D eigenvalue weighted by Crippen LogP contribution is -2.36. The van der Waals surface area contributed by atoms with Gasteiger partial charge in [0.1, 0.15) is 6.54 Å². The Hall–Kier alpha value is -2.37. The molecular formula is C20H28N2O4. The van der Waals surface area contributed by atoms with Crippen LogP contribution in [0, 0.1) is 0 Å². The van der Waals surface area contributed by atoms with Gasteiger partial charge in [0.25, 0.3) is 5.91 Å². The lowest BCUT2D eigenvalue weighted by Gasteiger charge is -2.19. The van der Waals surface area contributed by atoms with Crippen molar-refractivity contribution in [2.45, 2.75) is 51.9 Å². The highest BCUT2D eigenvalue weighted by Gasteiger charge is 2.20. The molecule has 0 unspecified atom stereocenters. The van der Waals surface area contributed by atoms with Gasteiger partial charge in [0, 0.05) is 18.7 Å². The second-order valence-electron chi connectivity index (χ2n) is 6.64. The van der Waals surface area contributed by atoms with E-state index in [0.717, 1.165) is 38.5 Å². The number of carbonyl (C=O) groups is 3. The van der Waals surface area contributed by atoms with Crippen LogP contribution in [0.25, 0.3) is 0 Å². The zero-order valence-corrected chi connectivity index (χ0v) is 15.5. The number of benzene rings is 1. The number of esters is 1. The van der Waals surface area contributed by atoms with E-state index in [-0.39, 0.29) is 25.0 Å². The maximum absolute atomic E-state index is 11.9. The molecule has 0 saturated carbocycles. The number of carbonyl (C=O) groups excluding carboxylic acids is 3. The van der Waals surface area contributed by atoms with Crippen molar-refractivity contribution in [3.8, 4) is 0 Å². The molecule has 0 radical (unpaired) electrons. The first-order valence-electron chi connectivity index (χ1n) is 9.40. The number of nitrogens with one attached hydrogen (secondary N) is 1. The first-order chi connectivity index (χ1) is 12.6. The highest BCUT2D eigenvalue weighted by atomic mass is 16.5. The van der Waals surface area contributed by atoms with Crippen LogP contribution in [0.5, 0.6) is 0 Å². The molecule has 1 heterocycles. The normalized spacial score (nSPS) is 14.7. The first-order valence-corrected chi connectivity index (χ1v) is 9.40. The van der Waals surface area contributed by atoms with Gasteiger partial charge in [0.2, 0.25) is 5.91 Å². The molecule has 142 valence electrons. The molecule has 0 bridgehead atoms. The van der Waals surface area contributed by atoms with Gasteiger partial charge in [-0.25, -0.2) is 0 Å². The summed E-state index contributed by atoms with van der Waals surface area (Å²) in [7, 11) is 0. The zero-order valence-electron chi connectivity index (χ0n) is 15.5. The zero-order chi connectivity index (χ0) is 18.8. The number of aryl methyl sites for hydroxylation is 1. The number of rotatable bonds is 8. The van der Waals surface area contributed by atoms with Gasteiger partial charge in [-0.3, -0.25) is 14.4 Å². The molecule has 0 aliphatic carbocycles. The summed E-state index contributed by atoms with van der Waals surface area (Å²) in [6.07, 6.45) is 6.54. The minimum Gasteiger partial charge on any atom is -0.454 e. The van der Waals surface area contributed by atoms with E-state index in [2.05, 4.69) is 12.2 Å². The third-order valence-corrected chi connectivity index (χ3v) is 4.41. The van der Waals surface area contributed by atoms with Gasteiger partial charge < -0.3 is 15.0 Å². The second-order valence-corrected chi connectivity index (χ2v) is 6.64. The summed E-state index contributed by atoms with van der Waals surface area (Å²) >= 11 is 0. The van der Waals surface area contributed by atoms with Gasteiger partial charge in [-0.05, 0) is 43.4 Å². The van der Waals surface area contributed by atoms with E-state index < -0.39 is 5.97 Å². The fraction of sp³-hybridized carbons (Fsp3) is 0.550. The molecule has 1 saturated heterocycles. The summed E-state index contributed by atoms with van der Waals surface area (Å²) in [5, 5.41) is 2.71. The Kier molecular flexibility index (Phi) is 8.12. The van der Waals surface area contributed by atoms with E-state index >= 15 is 0 Å². The molecule has 0 aromatic heterocycles. The molecule has 1 aliphatic rings. The summed E-state index contributed by atoms with van der Waals surface area (Å²) in [5.41, 5.74) is 1.91. The van der Waals surface area contributed by atoms with Crippen molar-refractivity contribution >= 4 is 23.5 Å². The number of nitrogens with zero attached hydrogens (tertiary/aromatic N) is 1. The monoisotopic (exact) mass is 360 g/mol. The quantitative estimate of drug-likeness (QED) is 0.723. The van der Waals surface area contributed by atoms with Crippen molar-refractivity contribution in [3.63, 3.8) is 0 Å². The topological polar surface area (TPSA) is 75.7 Å². The molecule has 26 heavy (non-hydrogen) atoms. The lowest BCUT2D eigenvalue weighted by atomic mass is 10.1. The van der Waals surface area contributed by atoms with Gasteiger partial charge in [0.15, 0.2) is 6.61 Å². The van der Waals surface area contributed by atoms with Crippen molar-refractivity contribution in [1.82, 2.24) is 4.90 Å². The van der Waals surface area contributed by atoms with Crippen molar-refractivity contribution < 1.29 is 19.1 Å². The Morgan fingerprint density at radius 1 is 1.15 bits per heavy atom. The van der Waals surface area contributed by atoms with Crippen LogP contribution in [0.3, 0.4) is 0 Å². The molecule has 2 amide bonds. The Morgan fingerprint density at radius 2 is 1.92 bits per heavy atom. The molecule has 1 aliphatic heterocycles. The van der Waals surface area contributed by atoms with Crippen LogP contribution in [0.4, 0.5) is 5.69 Å². The van der Waals surface area contributed by atoms with Crippen molar-refractivity contribution in [1.29, 1.82) is 0 Å². The smallest absolute Gasteiger partial charge is 0.326 e. The number of likely N-dealkylation sites (tertiary alicyclic amines) is 1. The van der Waals surface area contributed by atoms with E-state index in [0.29, 0.717) is 18.7 Å². The van der Waals surface area contributed by atoms with Gasteiger partial charge in [-0.1, -0.05) is 31.9 Å². The predicted molar refractivity (Wildman–Crippen MR) is 99.7 cm³/mol. The number of hydrogen-bond donors (Lipinski definition) is 1. The summed E-state index contributed by atoms with van der Waals surface area (Å²) < 4.78 is 5.00. The van der Waals surface area contributed by atoms with Crippen LogP contribution in [0.2, 0.25) is 0 Å². The molecule has 1 aromatic carbocycles. The Labute approximate surface area is 154 Å². The van der Waals surface area contributed by atoms with Gasteiger partial charge in [-0.15, -0.1) is 0 Å². The minimum atomic E-state index is -0.551. The maximum Gasteiger partial charge on any atom is 0.326 e. The summed E-state index contributed by atoms with van der Waals surface area (Å²) in [6.45, 7) is 2.29. The lowest BCUT2D eigenvalue weighted by molar-refractivity contribution is -0.151. The highest BCUT2D eigenvalue weighted by Crippen LogP contribution is 2.12. The molecule has 0 atom stereocenters. The van der Waals surface area contributed by atoms with Crippen LogP contribution in [-0.4, -0.2) is 42.4 Å². The van der Waals surface area contributed by atoms with Crippen molar-refractivity contribution in [2.24, 2.45) is 0 Å². The number of amides is 2. The molecular weight excluding hydrogens is 332 g/mol. The van der Waals surface area contributed by atoms with Crippen LogP contribution in [0.15, 0.2) is 24.3 Å². The largest absolute Gasteiger partial charge is 0.454 e. The predicted octanol–water partition coefficient (Wildman–Crippen LogP) is 2.91. The van der Waals surface area contributed by atoms with Gasteiger partial charge in [0.05, 0.1) is 0 Å². The maximum atomic E-state index is 11.9. The fourth-order valence-electron chi connectivity index (χ4n) is 2.89. The fourth-order valence-corrected chi connectivity index (χ4v) is 2.89. The SMILES string of the molecule is CCCCc1ccc(NC(=O)COC(=O)CN2CCCCCC2=O)cc1. The third-order valence-electron chi connectivity index (χ3n) is 4.41. The molecule has 6 heteroatoms. The number of hydrogen-bond acceptors (Lipinski definition) is 4. The number of ether oxygens (including phenoxy) is 1. The molecule has 6 nitrogen and oxygen atoms in total. The van der Waals surface area contributed by atoms with E-state index in [1.165, 1.54) is 10.5 Å². The second kappa shape index (κ2) is 10.6. The highest BCUT2D eigenvalue weighted by molar-refractivity contribution is 5.93.